The lowest BCUT2D eigenvalue weighted by Crippen LogP contribution is -1.99. The number of benzene rings is 1. The average Bonchev–Trinajstić information content (AvgIpc) is 2.03. The Morgan fingerprint density at radius 1 is 1.33 bits per heavy atom. The SMILES string of the molecule is Fc1ccc(OCCBr)c(F)c1. The maximum absolute atomic E-state index is 12.8. The minimum absolute atomic E-state index is 0.0795. The quantitative estimate of drug-likeness (QED) is 0.734. The normalized spacial score (nSPS) is 9.92. The summed E-state index contributed by atoms with van der Waals surface area (Å²) >= 11 is 3.12. The number of alkyl halides is 1. The van der Waals surface area contributed by atoms with Crippen LogP contribution in [0.1, 0.15) is 0 Å². The fourth-order valence-corrected chi connectivity index (χ4v) is 0.903. The van der Waals surface area contributed by atoms with Crippen LogP contribution < -0.4 is 4.74 Å². The van der Waals surface area contributed by atoms with E-state index in [-0.39, 0.29) is 5.75 Å². The summed E-state index contributed by atoms with van der Waals surface area (Å²) in [5.74, 6) is -1.19. The molecule has 0 N–H and O–H groups in total. The Morgan fingerprint density at radius 3 is 2.67 bits per heavy atom. The third-order valence-electron chi connectivity index (χ3n) is 1.23. The molecule has 0 radical (unpaired) electrons. The van der Waals surface area contributed by atoms with Crippen LogP contribution in [0.2, 0.25) is 0 Å². The highest BCUT2D eigenvalue weighted by atomic mass is 79.9. The Bertz CT molecular complexity index is 265. The van der Waals surface area contributed by atoms with Crippen LogP contribution in [0.5, 0.6) is 5.75 Å². The van der Waals surface area contributed by atoms with E-state index in [1.54, 1.807) is 0 Å². The van der Waals surface area contributed by atoms with Crippen LogP contribution in [0, 0.1) is 11.6 Å². The van der Waals surface area contributed by atoms with E-state index >= 15 is 0 Å². The fraction of sp³-hybridized carbons (Fsp3) is 0.250. The molecular weight excluding hydrogens is 230 g/mol. The third-order valence-corrected chi connectivity index (χ3v) is 1.55. The van der Waals surface area contributed by atoms with Gasteiger partial charge >= 0.3 is 0 Å². The third kappa shape index (κ3) is 2.44. The maximum atomic E-state index is 12.8. The van der Waals surface area contributed by atoms with Crippen LogP contribution in [-0.2, 0) is 0 Å². The first-order valence-corrected chi connectivity index (χ1v) is 4.50. The van der Waals surface area contributed by atoms with Gasteiger partial charge in [-0.05, 0) is 12.1 Å². The van der Waals surface area contributed by atoms with E-state index in [1.807, 2.05) is 0 Å². The highest BCUT2D eigenvalue weighted by Gasteiger charge is 2.03. The summed E-state index contributed by atoms with van der Waals surface area (Å²) in [6.45, 7) is 0.364. The molecule has 0 spiro atoms. The Morgan fingerprint density at radius 2 is 2.08 bits per heavy atom. The highest BCUT2D eigenvalue weighted by molar-refractivity contribution is 9.09. The molecule has 1 aromatic carbocycles. The molecule has 0 aliphatic heterocycles. The maximum Gasteiger partial charge on any atom is 0.167 e. The smallest absolute Gasteiger partial charge is 0.167 e. The van der Waals surface area contributed by atoms with Crippen molar-refractivity contribution in [2.45, 2.75) is 0 Å². The Kier molecular flexibility index (Phi) is 3.47. The van der Waals surface area contributed by atoms with E-state index in [4.69, 9.17) is 4.74 Å². The Labute approximate surface area is 77.5 Å². The second-order valence-electron chi connectivity index (χ2n) is 2.11. The van der Waals surface area contributed by atoms with E-state index < -0.39 is 11.6 Å². The van der Waals surface area contributed by atoms with Gasteiger partial charge in [0, 0.05) is 11.4 Å². The van der Waals surface area contributed by atoms with Crippen molar-refractivity contribution in [3.05, 3.63) is 29.8 Å². The first kappa shape index (κ1) is 9.45. The second kappa shape index (κ2) is 4.40. The molecule has 12 heavy (non-hydrogen) atoms. The lowest BCUT2D eigenvalue weighted by molar-refractivity contribution is 0.324. The molecule has 1 aromatic rings. The van der Waals surface area contributed by atoms with E-state index in [2.05, 4.69) is 15.9 Å². The largest absolute Gasteiger partial charge is 0.490 e. The Balaban J connectivity index is 2.72. The summed E-state index contributed by atoms with van der Waals surface area (Å²) in [5.41, 5.74) is 0. The van der Waals surface area contributed by atoms with E-state index in [0.29, 0.717) is 11.9 Å². The van der Waals surface area contributed by atoms with Crippen molar-refractivity contribution in [2.75, 3.05) is 11.9 Å². The van der Waals surface area contributed by atoms with Crippen LogP contribution in [0.4, 0.5) is 8.78 Å². The van der Waals surface area contributed by atoms with Crippen molar-refractivity contribution in [2.24, 2.45) is 0 Å². The Hall–Kier alpha value is -0.640. The standard InChI is InChI=1S/C8H7BrF2O/c9-3-4-12-8-2-1-6(10)5-7(8)11/h1-2,5H,3-4H2. The topological polar surface area (TPSA) is 9.23 Å². The number of hydrogen-bond donors (Lipinski definition) is 0. The molecule has 1 rings (SSSR count). The first-order chi connectivity index (χ1) is 5.74. The number of halogens is 3. The number of rotatable bonds is 3. The summed E-state index contributed by atoms with van der Waals surface area (Å²) < 4.78 is 30.1. The van der Waals surface area contributed by atoms with Crippen molar-refractivity contribution >= 4 is 15.9 Å². The minimum atomic E-state index is -0.670. The zero-order chi connectivity index (χ0) is 8.97. The van der Waals surface area contributed by atoms with Gasteiger partial charge in [-0.15, -0.1) is 0 Å². The molecule has 0 bridgehead atoms. The molecule has 1 nitrogen and oxygen atoms in total. The van der Waals surface area contributed by atoms with Crippen LogP contribution in [0.15, 0.2) is 18.2 Å². The predicted octanol–water partition coefficient (Wildman–Crippen LogP) is 2.74. The average molecular weight is 237 g/mol. The van der Waals surface area contributed by atoms with Gasteiger partial charge in [-0.2, -0.15) is 0 Å². The lowest BCUT2D eigenvalue weighted by Gasteiger charge is -2.04. The fourth-order valence-electron chi connectivity index (χ4n) is 0.741. The number of ether oxygens (including phenoxy) is 1. The zero-order valence-electron chi connectivity index (χ0n) is 6.19. The molecular formula is C8H7BrF2O. The van der Waals surface area contributed by atoms with Crippen LogP contribution in [-0.4, -0.2) is 11.9 Å². The predicted molar refractivity (Wildman–Crippen MR) is 45.6 cm³/mol. The van der Waals surface area contributed by atoms with Gasteiger partial charge in [0.1, 0.15) is 5.82 Å². The van der Waals surface area contributed by atoms with Crippen molar-refractivity contribution in [3.8, 4) is 5.75 Å². The lowest BCUT2D eigenvalue weighted by atomic mass is 10.3. The number of hydrogen-bond acceptors (Lipinski definition) is 1. The van der Waals surface area contributed by atoms with Gasteiger partial charge in [0.15, 0.2) is 11.6 Å². The van der Waals surface area contributed by atoms with Crippen molar-refractivity contribution in [1.82, 2.24) is 0 Å². The molecule has 0 unspecified atom stereocenters. The highest BCUT2D eigenvalue weighted by Crippen LogP contribution is 2.17. The second-order valence-corrected chi connectivity index (χ2v) is 2.91. The molecule has 0 aliphatic rings. The van der Waals surface area contributed by atoms with Crippen molar-refractivity contribution in [3.63, 3.8) is 0 Å². The van der Waals surface area contributed by atoms with Crippen molar-refractivity contribution < 1.29 is 13.5 Å². The summed E-state index contributed by atoms with van der Waals surface area (Å²) in [4.78, 5) is 0. The van der Waals surface area contributed by atoms with Gasteiger partial charge in [0.2, 0.25) is 0 Å². The van der Waals surface area contributed by atoms with Crippen LogP contribution in [0.25, 0.3) is 0 Å². The summed E-state index contributed by atoms with van der Waals surface area (Å²) in [7, 11) is 0. The van der Waals surface area contributed by atoms with Crippen LogP contribution >= 0.6 is 15.9 Å². The molecule has 0 saturated carbocycles. The molecule has 0 amide bonds. The van der Waals surface area contributed by atoms with Crippen LogP contribution in [0.3, 0.4) is 0 Å². The molecule has 0 atom stereocenters. The van der Waals surface area contributed by atoms with Gasteiger partial charge in [-0.25, -0.2) is 8.78 Å². The van der Waals surface area contributed by atoms with Gasteiger partial charge in [0.25, 0.3) is 0 Å². The van der Waals surface area contributed by atoms with E-state index in [9.17, 15) is 8.78 Å². The molecule has 0 fully saturated rings. The molecule has 0 saturated heterocycles. The summed E-state index contributed by atoms with van der Waals surface area (Å²) in [5, 5.41) is 0.615. The molecule has 0 aliphatic carbocycles. The van der Waals surface area contributed by atoms with E-state index in [0.717, 1.165) is 12.1 Å². The van der Waals surface area contributed by atoms with Gasteiger partial charge in [-0.1, -0.05) is 15.9 Å². The summed E-state index contributed by atoms with van der Waals surface area (Å²) in [6.07, 6.45) is 0. The van der Waals surface area contributed by atoms with Gasteiger partial charge in [0.05, 0.1) is 6.61 Å². The zero-order valence-corrected chi connectivity index (χ0v) is 7.77. The van der Waals surface area contributed by atoms with Gasteiger partial charge in [-0.3, -0.25) is 0 Å². The monoisotopic (exact) mass is 236 g/mol. The van der Waals surface area contributed by atoms with Crippen molar-refractivity contribution in [1.29, 1.82) is 0 Å². The molecule has 0 heterocycles. The first-order valence-electron chi connectivity index (χ1n) is 3.38. The summed E-state index contributed by atoms with van der Waals surface area (Å²) in [6, 6.07) is 3.23. The molecule has 0 aromatic heterocycles. The molecule has 66 valence electrons. The van der Waals surface area contributed by atoms with Gasteiger partial charge < -0.3 is 4.74 Å². The molecule has 4 heteroatoms. The van der Waals surface area contributed by atoms with E-state index in [1.165, 1.54) is 6.07 Å². The minimum Gasteiger partial charge on any atom is -0.490 e.